The Morgan fingerprint density at radius 3 is 2.84 bits per heavy atom. The largest absolute Gasteiger partial charge is 0.349 e. The summed E-state index contributed by atoms with van der Waals surface area (Å²) in [6.45, 7) is 1.79. The number of benzene rings is 1. The predicted octanol–water partition coefficient (Wildman–Crippen LogP) is 3.70. The lowest BCUT2D eigenvalue weighted by molar-refractivity contribution is -0.121. The zero-order valence-electron chi connectivity index (χ0n) is 10.7. The van der Waals surface area contributed by atoms with Gasteiger partial charge >= 0.3 is 0 Å². The van der Waals surface area contributed by atoms with Crippen LogP contribution in [-0.2, 0) is 11.2 Å². The molecule has 100 valence electrons. The number of halogens is 1. The van der Waals surface area contributed by atoms with E-state index in [9.17, 15) is 9.18 Å². The van der Waals surface area contributed by atoms with Crippen LogP contribution < -0.4 is 5.32 Å². The van der Waals surface area contributed by atoms with Crippen molar-refractivity contribution in [3.8, 4) is 0 Å². The third-order valence-corrected chi connectivity index (χ3v) is 3.70. The third-order valence-electron chi connectivity index (χ3n) is 2.97. The summed E-state index contributed by atoms with van der Waals surface area (Å²) < 4.78 is 13.5. The average Bonchev–Trinajstić information content (AvgIpc) is 2.90. The van der Waals surface area contributed by atoms with E-state index in [1.807, 2.05) is 16.8 Å². The minimum absolute atomic E-state index is 0.0537. The summed E-state index contributed by atoms with van der Waals surface area (Å²) in [4.78, 5) is 11.8. The van der Waals surface area contributed by atoms with E-state index in [4.69, 9.17) is 0 Å². The first kappa shape index (κ1) is 13.7. The molecule has 2 aromatic rings. The van der Waals surface area contributed by atoms with Gasteiger partial charge in [-0.1, -0.05) is 18.2 Å². The molecule has 1 aromatic heterocycles. The Morgan fingerprint density at radius 2 is 2.16 bits per heavy atom. The van der Waals surface area contributed by atoms with E-state index in [-0.39, 0.29) is 17.8 Å². The second-order valence-electron chi connectivity index (χ2n) is 4.44. The molecular weight excluding hydrogens is 261 g/mol. The molecule has 1 aromatic carbocycles. The molecule has 1 heterocycles. The van der Waals surface area contributed by atoms with Crippen molar-refractivity contribution in [3.05, 3.63) is 58.0 Å². The van der Waals surface area contributed by atoms with Gasteiger partial charge in [0, 0.05) is 12.0 Å². The number of nitrogens with one attached hydrogen (secondary N) is 1. The Hall–Kier alpha value is -1.68. The summed E-state index contributed by atoms with van der Waals surface area (Å²) in [5.41, 5.74) is 1.69. The second kappa shape index (κ2) is 6.48. The highest BCUT2D eigenvalue weighted by molar-refractivity contribution is 7.07. The number of carbonyl (C=O) groups excluding carboxylic acids is 1. The molecule has 2 rings (SSSR count). The van der Waals surface area contributed by atoms with Crippen molar-refractivity contribution in [1.29, 1.82) is 0 Å². The zero-order valence-corrected chi connectivity index (χ0v) is 11.5. The predicted molar refractivity (Wildman–Crippen MR) is 75.6 cm³/mol. The van der Waals surface area contributed by atoms with E-state index in [2.05, 4.69) is 5.32 Å². The van der Waals surface area contributed by atoms with E-state index in [1.54, 1.807) is 36.5 Å². The summed E-state index contributed by atoms with van der Waals surface area (Å²) in [6.07, 6.45) is 1.15. The van der Waals surface area contributed by atoms with Gasteiger partial charge in [0.25, 0.3) is 0 Å². The van der Waals surface area contributed by atoms with Gasteiger partial charge in [-0.2, -0.15) is 11.3 Å². The quantitative estimate of drug-likeness (QED) is 0.887. The van der Waals surface area contributed by atoms with Gasteiger partial charge in [0.1, 0.15) is 5.82 Å². The SMILES string of the molecule is CC(NC(=O)CCc1ccsc1)c1ccccc1F. The number of rotatable bonds is 5. The fraction of sp³-hybridized carbons (Fsp3) is 0.267. The van der Waals surface area contributed by atoms with Crippen LogP contribution in [0.3, 0.4) is 0 Å². The summed E-state index contributed by atoms with van der Waals surface area (Å²) >= 11 is 1.62. The van der Waals surface area contributed by atoms with Crippen LogP contribution in [0.1, 0.15) is 30.5 Å². The highest BCUT2D eigenvalue weighted by atomic mass is 32.1. The molecule has 0 saturated carbocycles. The molecule has 1 atom stereocenters. The van der Waals surface area contributed by atoms with Crippen LogP contribution >= 0.6 is 11.3 Å². The topological polar surface area (TPSA) is 29.1 Å². The highest BCUT2D eigenvalue weighted by Gasteiger charge is 2.12. The van der Waals surface area contributed by atoms with Crippen LogP contribution in [0.4, 0.5) is 4.39 Å². The number of thiophene rings is 1. The van der Waals surface area contributed by atoms with Crippen LogP contribution in [-0.4, -0.2) is 5.91 Å². The average molecular weight is 277 g/mol. The molecule has 0 aliphatic heterocycles. The lowest BCUT2D eigenvalue weighted by atomic mass is 10.1. The van der Waals surface area contributed by atoms with Gasteiger partial charge in [0.2, 0.25) is 5.91 Å². The number of hydrogen-bond donors (Lipinski definition) is 1. The maximum Gasteiger partial charge on any atom is 0.220 e. The van der Waals surface area contributed by atoms with Gasteiger partial charge in [-0.05, 0) is 41.8 Å². The standard InChI is InChI=1S/C15H16FNOS/c1-11(13-4-2-3-5-14(13)16)17-15(18)7-6-12-8-9-19-10-12/h2-5,8-11H,6-7H2,1H3,(H,17,18). The minimum Gasteiger partial charge on any atom is -0.349 e. The molecule has 4 heteroatoms. The molecule has 0 bridgehead atoms. The molecule has 19 heavy (non-hydrogen) atoms. The lowest BCUT2D eigenvalue weighted by Gasteiger charge is -2.14. The van der Waals surface area contributed by atoms with Crippen molar-refractivity contribution in [1.82, 2.24) is 5.32 Å². The molecular formula is C15H16FNOS. The molecule has 0 saturated heterocycles. The van der Waals surface area contributed by atoms with Crippen LogP contribution in [0, 0.1) is 5.82 Å². The van der Waals surface area contributed by atoms with Crippen molar-refractivity contribution < 1.29 is 9.18 Å². The fourth-order valence-electron chi connectivity index (χ4n) is 1.91. The van der Waals surface area contributed by atoms with Gasteiger partial charge in [0.05, 0.1) is 6.04 Å². The van der Waals surface area contributed by atoms with Gasteiger partial charge < -0.3 is 5.32 Å². The fourth-order valence-corrected chi connectivity index (χ4v) is 2.61. The van der Waals surface area contributed by atoms with Crippen molar-refractivity contribution in [2.24, 2.45) is 0 Å². The van der Waals surface area contributed by atoms with Gasteiger partial charge in [-0.25, -0.2) is 4.39 Å². The molecule has 1 amide bonds. The smallest absolute Gasteiger partial charge is 0.220 e. The van der Waals surface area contributed by atoms with Crippen molar-refractivity contribution in [2.45, 2.75) is 25.8 Å². The van der Waals surface area contributed by atoms with Crippen molar-refractivity contribution in [2.75, 3.05) is 0 Å². The van der Waals surface area contributed by atoms with E-state index < -0.39 is 0 Å². The molecule has 0 radical (unpaired) electrons. The van der Waals surface area contributed by atoms with Crippen LogP contribution in [0.25, 0.3) is 0 Å². The number of hydrogen-bond acceptors (Lipinski definition) is 2. The first-order valence-electron chi connectivity index (χ1n) is 6.21. The summed E-state index contributed by atoms with van der Waals surface area (Å²) in [6, 6.07) is 8.22. The molecule has 1 N–H and O–H groups in total. The first-order chi connectivity index (χ1) is 9.16. The maximum atomic E-state index is 13.5. The van der Waals surface area contributed by atoms with Crippen LogP contribution in [0.5, 0.6) is 0 Å². The number of aryl methyl sites for hydroxylation is 1. The van der Waals surface area contributed by atoms with E-state index in [0.29, 0.717) is 12.0 Å². The summed E-state index contributed by atoms with van der Waals surface area (Å²) in [5, 5.41) is 6.85. The van der Waals surface area contributed by atoms with Gasteiger partial charge in [0.15, 0.2) is 0 Å². The first-order valence-corrected chi connectivity index (χ1v) is 7.16. The van der Waals surface area contributed by atoms with E-state index in [1.165, 1.54) is 11.6 Å². The third kappa shape index (κ3) is 3.89. The van der Waals surface area contributed by atoms with Crippen LogP contribution in [0.2, 0.25) is 0 Å². The van der Waals surface area contributed by atoms with Gasteiger partial charge in [-0.3, -0.25) is 4.79 Å². The summed E-state index contributed by atoms with van der Waals surface area (Å²) in [7, 11) is 0. The van der Waals surface area contributed by atoms with Gasteiger partial charge in [-0.15, -0.1) is 0 Å². The highest BCUT2D eigenvalue weighted by Crippen LogP contribution is 2.16. The Balaban J connectivity index is 1.87. The van der Waals surface area contributed by atoms with Crippen molar-refractivity contribution >= 4 is 17.2 Å². The molecule has 1 unspecified atom stereocenters. The van der Waals surface area contributed by atoms with E-state index >= 15 is 0 Å². The minimum atomic E-state index is -0.309. The Bertz CT molecular complexity index is 539. The number of amides is 1. The molecule has 0 spiro atoms. The molecule has 0 aliphatic rings. The Kier molecular flexibility index (Phi) is 4.68. The monoisotopic (exact) mass is 277 g/mol. The lowest BCUT2D eigenvalue weighted by Crippen LogP contribution is -2.27. The van der Waals surface area contributed by atoms with Crippen molar-refractivity contribution in [3.63, 3.8) is 0 Å². The molecule has 0 aliphatic carbocycles. The normalized spacial score (nSPS) is 12.1. The second-order valence-corrected chi connectivity index (χ2v) is 5.22. The summed E-state index contributed by atoms with van der Waals surface area (Å²) in [5.74, 6) is -0.338. The Labute approximate surface area is 116 Å². The Morgan fingerprint density at radius 1 is 1.37 bits per heavy atom. The molecule has 0 fully saturated rings. The van der Waals surface area contributed by atoms with Crippen LogP contribution in [0.15, 0.2) is 41.1 Å². The zero-order chi connectivity index (χ0) is 13.7. The van der Waals surface area contributed by atoms with E-state index in [0.717, 1.165) is 6.42 Å². The number of carbonyl (C=O) groups is 1. The maximum absolute atomic E-state index is 13.5. The molecule has 2 nitrogen and oxygen atoms in total.